The minimum atomic E-state index is -4.58. The van der Waals surface area contributed by atoms with Gasteiger partial charge in [0.25, 0.3) is 0 Å². The van der Waals surface area contributed by atoms with Crippen LogP contribution in [0.25, 0.3) is 0 Å². The van der Waals surface area contributed by atoms with Gasteiger partial charge in [0.1, 0.15) is 0 Å². The van der Waals surface area contributed by atoms with Gasteiger partial charge >= 0.3 is 6.18 Å². The first kappa shape index (κ1) is 12.0. The predicted octanol–water partition coefficient (Wildman–Crippen LogP) is 1.66. The van der Waals surface area contributed by atoms with E-state index in [-0.39, 0.29) is 5.56 Å². The molecule has 0 fully saturated rings. The third-order valence-corrected chi connectivity index (χ3v) is 2.75. The van der Waals surface area contributed by atoms with Gasteiger partial charge in [-0.15, -0.1) is 0 Å². The molecule has 2 N–H and O–H groups in total. The number of hydrogen-bond donors (Lipinski definition) is 1. The Balaban J connectivity index is 3.43. The number of nitrogens with two attached hydrogens (primary N) is 1. The molecule has 0 unspecified atom stereocenters. The number of benzene rings is 1. The third-order valence-electron chi connectivity index (χ3n) is 1.84. The molecule has 0 saturated carbocycles. The maximum Gasteiger partial charge on any atom is 0.416 e. The van der Waals surface area contributed by atoms with Gasteiger partial charge in [0.05, 0.1) is 10.5 Å². The Bertz CT molecular complexity index is 479. The molecule has 0 aromatic heterocycles. The highest BCUT2D eigenvalue weighted by atomic mass is 32.2. The molecule has 0 heterocycles. The zero-order chi connectivity index (χ0) is 11.9. The highest BCUT2D eigenvalue weighted by Crippen LogP contribution is 2.32. The average Bonchev–Trinajstić information content (AvgIpc) is 2.00. The number of hydrogen-bond acceptors (Lipinski definition) is 2. The zero-order valence-electron chi connectivity index (χ0n) is 7.67. The highest BCUT2D eigenvalue weighted by molar-refractivity contribution is 7.89. The van der Waals surface area contributed by atoms with Crippen molar-refractivity contribution in [3.05, 3.63) is 29.3 Å². The summed E-state index contributed by atoms with van der Waals surface area (Å²) in [5.41, 5.74) is -1.04. The van der Waals surface area contributed by atoms with Crippen LogP contribution >= 0.6 is 0 Å². The molecule has 1 aromatic rings. The van der Waals surface area contributed by atoms with Gasteiger partial charge in [0.2, 0.25) is 10.0 Å². The average molecular weight is 239 g/mol. The summed E-state index contributed by atoms with van der Waals surface area (Å²) >= 11 is 0. The molecule has 1 rings (SSSR count). The molecule has 0 amide bonds. The molecule has 7 heteroatoms. The normalized spacial score (nSPS) is 12.9. The lowest BCUT2D eigenvalue weighted by molar-refractivity contribution is -0.138. The molecule has 0 saturated heterocycles. The molecule has 0 bridgehead atoms. The number of rotatable bonds is 1. The van der Waals surface area contributed by atoms with Gasteiger partial charge in [0.15, 0.2) is 0 Å². The zero-order valence-corrected chi connectivity index (χ0v) is 8.48. The van der Waals surface area contributed by atoms with Crippen molar-refractivity contribution in [3.8, 4) is 0 Å². The second-order valence-corrected chi connectivity index (χ2v) is 4.58. The Kier molecular flexibility index (Phi) is 2.79. The van der Waals surface area contributed by atoms with Crippen molar-refractivity contribution in [1.29, 1.82) is 0 Å². The van der Waals surface area contributed by atoms with E-state index in [9.17, 15) is 21.6 Å². The summed E-state index contributed by atoms with van der Waals surface area (Å²) in [6.07, 6.45) is -4.58. The van der Waals surface area contributed by atoms with Crippen molar-refractivity contribution in [3.63, 3.8) is 0 Å². The summed E-state index contributed by atoms with van der Waals surface area (Å²) in [4.78, 5) is -0.541. The molecular formula is C8H8F3NO2S. The second kappa shape index (κ2) is 3.49. The largest absolute Gasteiger partial charge is 0.416 e. The van der Waals surface area contributed by atoms with Crippen LogP contribution in [0.2, 0.25) is 0 Å². The number of primary sulfonamides is 1. The van der Waals surface area contributed by atoms with E-state index in [0.717, 1.165) is 12.1 Å². The van der Waals surface area contributed by atoms with Gasteiger partial charge in [0, 0.05) is 0 Å². The van der Waals surface area contributed by atoms with Crippen LogP contribution in [0.3, 0.4) is 0 Å². The van der Waals surface area contributed by atoms with Gasteiger partial charge in [-0.1, -0.05) is 6.07 Å². The van der Waals surface area contributed by atoms with Crippen molar-refractivity contribution in [1.82, 2.24) is 0 Å². The fourth-order valence-electron chi connectivity index (χ4n) is 1.08. The lowest BCUT2D eigenvalue weighted by Gasteiger charge is -2.10. The molecule has 0 aliphatic heterocycles. The van der Waals surface area contributed by atoms with Crippen LogP contribution in [0.15, 0.2) is 23.1 Å². The van der Waals surface area contributed by atoms with E-state index in [1.165, 1.54) is 6.92 Å². The van der Waals surface area contributed by atoms with E-state index >= 15 is 0 Å². The summed E-state index contributed by atoms with van der Waals surface area (Å²) in [5, 5.41) is 4.72. The van der Waals surface area contributed by atoms with Crippen molar-refractivity contribution < 1.29 is 21.6 Å². The molecule has 0 aliphatic carbocycles. The number of aryl methyl sites for hydroxylation is 1. The monoisotopic (exact) mass is 239 g/mol. The second-order valence-electron chi connectivity index (χ2n) is 3.02. The molecule has 84 valence electrons. The highest BCUT2D eigenvalue weighted by Gasteiger charge is 2.33. The van der Waals surface area contributed by atoms with Crippen LogP contribution in [-0.2, 0) is 16.2 Å². The summed E-state index contributed by atoms with van der Waals surface area (Å²) in [6, 6.07) is 2.65. The fraction of sp³-hybridized carbons (Fsp3) is 0.250. The minimum absolute atomic E-state index is 0.0464. The Labute approximate surface area is 84.8 Å². The van der Waals surface area contributed by atoms with E-state index in [4.69, 9.17) is 5.14 Å². The fourth-order valence-corrected chi connectivity index (χ4v) is 1.62. The molecule has 1 aromatic carbocycles. The van der Waals surface area contributed by atoms with Crippen LogP contribution in [-0.4, -0.2) is 8.42 Å². The maximum atomic E-state index is 12.4. The Morgan fingerprint density at radius 3 is 2.20 bits per heavy atom. The Morgan fingerprint density at radius 1 is 1.27 bits per heavy atom. The van der Waals surface area contributed by atoms with E-state index in [1.54, 1.807) is 0 Å². The van der Waals surface area contributed by atoms with Crippen molar-refractivity contribution >= 4 is 10.0 Å². The Hall–Kier alpha value is -1.08. The van der Waals surface area contributed by atoms with E-state index < -0.39 is 26.7 Å². The SMILES string of the molecule is Cc1ccc(S(N)(=O)=O)cc1C(F)(F)F. The lowest BCUT2D eigenvalue weighted by atomic mass is 10.1. The summed E-state index contributed by atoms with van der Waals surface area (Å²) in [5.74, 6) is 0. The van der Waals surface area contributed by atoms with Gasteiger partial charge < -0.3 is 0 Å². The van der Waals surface area contributed by atoms with Crippen LogP contribution in [0.4, 0.5) is 13.2 Å². The Morgan fingerprint density at radius 2 is 1.80 bits per heavy atom. The van der Waals surface area contributed by atoms with Gasteiger partial charge in [-0.05, 0) is 24.6 Å². The van der Waals surface area contributed by atoms with Crippen LogP contribution < -0.4 is 5.14 Å². The number of halogens is 3. The summed E-state index contributed by atoms with van der Waals surface area (Å²) in [6.45, 7) is 1.25. The first-order valence-electron chi connectivity index (χ1n) is 3.83. The van der Waals surface area contributed by atoms with E-state index in [1.807, 2.05) is 0 Å². The summed E-state index contributed by atoms with van der Waals surface area (Å²) < 4.78 is 58.8. The molecule has 0 atom stereocenters. The van der Waals surface area contributed by atoms with Crippen molar-refractivity contribution in [2.75, 3.05) is 0 Å². The number of sulfonamides is 1. The van der Waals surface area contributed by atoms with Gasteiger partial charge in [-0.2, -0.15) is 13.2 Å². The van der Waals surface area contributed by atoms with E-state index in [2.05, 4.69) is 0 Å². The minimum Gasteiger partial charge on any atom is -0.225 e. The molecule has 0 spiro atoms. The molecule has 0 radical (unpaired) electrons. The van der Waals surface area contributed by atoms with Crippen molar-refractivity contribution in [2.45, 2.75) is 18.0 Å². The van der Waals surface area contributed by atoms with Gasteiger partial charge in [-0.3, -0.25) is 0 Å². The summed E-state index contributed by atoms with van der Waals surface area (Å²) in [7, 11) is -4.10. The molecular weight excluding hydrogens is 231 g/mol. The maximum absolute atomic E-state index is 12.4. The lowest BCUT2D eigenvalue weighted by Crippen LogP contribution is -2.15. The smallest absolute Gasteiger partial charge is 0.225 e. The first-order chi connectivity index (χ1) is 6.62. The van der Waals surface area contributed by atoms with Crippen LogP contribution in [0.1, 0.15) is 11.1 Å². The molecule has 15 heavy (non-hydrogen) atoms. The number of alkyl halides is 3. The van der Waals surface area contributed by atoms with Crippen LogP contribution in [0, 0.1) is 6.92 Å². The quantitative estimate of drug-likeness (QED) is 0.810. The van der Waals surface area contributed by atoms with E-state index in [0.29, 0.717) is 6.07 Å². The topological polar surface area (TPSA) is 60.2 Å². The van der Waals surface area contributed by atoms with Gasteiger partial charge in [-0.25, -0.2) is 13.6 Å². The van der Waals surface area contributed by atoms with Crippen LogP contribution in [0.5, 0.6) is 0 Å². The third kappa shape index (κ3) is 2.69. The molecule has 3 nitrogen and oxygen atoms in total. The first-order valence-corrected chi connectivity index (χ1v) is 5.37. The standard InChI is InChI=1S/C8H8F3NO2S/c1-5-2-3-6(15(12,13)14)4-7(5)8(9,10)11/h2-4H,1H3,(H2,12,13,14). The molecule has 0 aliphatic rings. The van der Waals surface area contributed by atoms with Crippen molar-refractivity contribution in [2.24, 2.45) is 5.14 Å². The predicted molar refractivity (Wildman–Crippen MR) is 47.6 cm³/mol.